The first-order valence-corrected chi connectivity index (χ1v) is 6.47. The number of Topliss-reactive ketones (excluding diaryl/α,β-unsaturated/α-hetero) is 1. The van der Waals surface area contributed by atoms with Crippen molar-refractivity contribution in [2.45, 2.75) is 12.8 Å². The van der Waals surface area contributed by atoms with Crippen LogP contribution in [0, 0.1) is 29.9 Å². The lowest BCUT2D eigenvalue weighted by Gasteiger charge is -2.12. The second-order valence-electron chi connectivity index (χ2n) is 4.53. The van der Waals surface area contributed by atoms with E-state index in [0.717, 1.165) is 17.7 Å². The van der Waals surface area contributed by atoms with Crippen molar-refractivity contribution in [3.05, 3.63) is 69.7 Å². The molecular formula is C16H10ClF2NO. The van der Waals surface area contributed by atoms with Crippen LogP contribution in [0.2, 0.25) is 5.02 Å². The summed E-state index contributed by atoms with van der Waals surface area (Å²) in [5.41, 5.74) is 0.721. The maximum absolute atomic E-state index is 13.8. The molecule has 0 aliphatic carbocycles. The van der Waals surface area contributed by atoms with E-state index in [2.05, 4.69) is 0 Å². The van der Waals surface area contributed by atoms with Crippen LogP contribution < -0.4 is 0 Å². The number of hydrogen-bond donors (Lipinski definition) is 0. The van der Waals surface area contributed by atoms with Gasteiger partial charge in [0.25, 0.3) is 0 Å². The molecule has 0 aliphatic heterocycles. The van der Waals surface area contributed by atoms with E-state index in [9.17, 15) is 18.8 Å². The highest BCUT2D eigenvalue weighted by atomic mass is 35.5. The van der Waals surface area contributed by atoms with Gasteiger partial charge in [-0.15, -0.1) is 0 Å². The molecule has 0 aliphatic rings. The lowest BCUT2D eigenvalue weighted by atomic mass is 9.89. The highest BCUT2D eigenvalue weighted by Crippen LogP contribution is 2.27. The summed E-state index contributed by atoms with van der Waals surface area (Å²) in [6, 6.07) is 10.1. The molecule has 2 nitrogen and oxygen atoms in total. The van der Waals surface area contributed by atoms with Gasteiger partial charge in [0.05, 0.1) is 16.7 Å². The van der Waals surface area contributed by atoms with E-state index in [1.165, 1.54) is 0 Å². The number of carbonyl (C=O) groups is 1. The fourth-order valence-electron chi connectivity index (χ4n) is 2.05. The van der Waals surface area contributed by atoms with Crippen LogP contribution >= 0.6 is 11.6 Å². The molecular weight excluding hydrogens is 296 g/mol. The van der Waals surface area contributed by atoms with E-state index in [-0.39, 0.29) is 0 Å². The monoisotopic (exact) mass is 305 g/mol. The van der Waals surface area contributed by atoms with Crippen LogP contribution in [-0.4, -0.2) is 5.78 Å². The van der Waals surface area contributed by atoms with Crippen LogP contribution in [-0.2, 0) is 0 Å². The smallest absolute Gasteiger partial charge is 0.187 e. The number of rotatable bonds is 3. The van der Waals surface area contributed by atoms with Gasteiger partial charge in [-0.2, -0.15) is 5.26 Å². The zero-order valence-corrected chi connectivity index (χ0v) is 11.8. The van der Waals surface area contributed by atoms with Crippen LogP contribution in [0.4, 0.5) is 8.78 Å². The van der Waals surface area contributed by atoms with Gasteiger partial charge in [-0.05, 0) is 30.2 Å². The summed E-state index contributed by atoms with van der Waals surface area (Å²) in [6.07, 6.45) is 0. The van der Waals surface area contributed by atoms with Crippen molar-refractivity contribution in [1.82, 2.24) is 0 Å². The summed E-state index contributed by atoms with van der Waals surface area (Å²) in [7, 11) is 0. The Labute approximate surface area is 125 Å². The van der Waals surface area contributed by atoms with E-state index >= 15 is 0 Å². The summed E-state index contributed by atoms with van der Waals surface area (Å²) < 4.78 is 27.2. The fourth-order valence-corrected chi connectivity index (χ4v) is 2.20. The first-order valence-electron chi connectivity index (χ1n) is 6.09. The van der Waals surface area contributed by atoms with E-state index in [1.807, 2.05) is 6.07 Å². The van der Waals surface area contributed by atoms with Crippen LogP contribution in [0.1, 0.15) is 27.4 Å². The standard InChI is InChI=1S/C16H10ClF2NO/c1-9-4-2-3-5-10(9)12(8-20)16(21)11-6-15(19)13(17)7-14(11)18/h2-7,12H,1H3. The first-order chi connectivity index (χ1) is 9.95. The molecule has 2 aromatic carbocycles. The third-order valence-electron chi connectivity index (χ3n) is 3.17. The Kier molecular flexibility index (Phi) is 4.35. The Morgan fingerprint density at radius 1 is 1.24 bits per heavy atom. The lowest BCUT2D eigenvalue weighted by molar-refractivity contribution is 0.0974. The largest absolute Gasteiger partial charge is 0.292 e. The molecule has 2 aromatic rings. The molecule has 0 radical (unpaired) electrons. The Hall–Kier alpha value is -2.25. The number of ketones is 1. The van der Waals surface area contributed by atoms with Crippen molar-refractivity contribution in [2.75, 3.05) is 0 Å². The molecule has 1 atom stereocenters. The molecule has 0 saturated heterocycles. The number of benzene rings is 2. The van der Waals surface area contributed by atoms with Gasteiger partial charge >= 0.3 is 0 Å². The second kappa shape index (κ2) is 6.02. The molecule has 0 spiro atoms. The predicted molar refractivity (Wildman–Crippen MR) is 75.2 cm³/mol. The average molecular weight is 306 g/mol. The summed E-state index contributed by atoms with van der Waals surface area (Å²) in [5.74, 6) is -3.83. The van der Waals surface area contributed by atoms with Gasteiger partial charge in [0, 0.05) is 0 Å². The predicted octanol–water partition coefficient (Wildman–Crippen LogP) is 4.42. The molecule has 0 fully saturated rings. The van der Waals surface area contributed by atoms with Gasteiger partial charge in [0.15, 0.2) is 5.78 Å². The Morgan fingerprint density at radius 3 is 2.52 bits per heavy atom. The number of nitrogens with zero attached hydrogens (tertiary/aromatic N) is 1. The van der Waals surface area contributed by atoms with Crippen molar-refractivity contribution >= 4 is 17.4 Å². The maximum Gasteiger partial charge on any atom is 0.187 e. The summed E-state index contributed by atoms with van der Waals surface area (Å²) in [5, 5.41) is 8.83. The Balaban J connectivity index is 2.50. The van der Waals surface area contributed by atoms with Crippen molar-refractivity contribution in [3.8, 4) is 6.07 Å². The van der Waals surface area contributed by atoms with Gasteiger partial charge < -0.3 is 0 Å². The number of hydrogen-bond acceptors (Lipinski definition) is 2. The zero-order valence-electron chi connectivity index (χ0n) is 11.0. The normalized spacial score (nSPS) is 11.8. The number of halogens is 3. The van der Waals surface area contributed by atoms with E-state index in [1.54, 1.807) is 31.2 Å². The molecule has 0 aromatic heterocycles. The minimum atomic E-state index is -1.19. The van der Waals surface area contributed by atoms with Gasteiger partial charge in [-0.3, -0.25) is 4.79 Å². The Bertz CT molecular complexity index is 752. The molecule has 106 valence electrons. The first kappa shape index (κ1) is 15.1. The lowest BCUT2D eigenvalue weighted by Crippen LogP contribution is -2.14. The van der Waals surface area contributed by atoms with Gasteiger partial charge in [0.1, 0.15) is 17.6 Å². The summed E-state index contributed by atoms with van der Waals surface area (Å²) in [6.45, 7) is 1.74. The van der Waals surface area contributed by atoms with Crippen LogP contribution in [0.5, 0.6) is 0 Å². The van der Waals surface area contributed by atoms with Crippen LogP contribution in [0.25, 0.3) is 0 Å². The number of carbonyl (C=O) groups excluding carboxylic acids is 1. The number of nitriles is 1. The van der Waals surface area contributed by atoms with E-state index in [4.69, 9.17) is 11.6 Å². The van der Waals surface area contributed by atoms with Crippen LogP contribution in [0.15, 0.2) is 36.4 Å². The molecule has 5 heteroatoms. The summed E-state index contributed by atoms with van der Waals surface area (Å²) in [4.78, 5) is 12.3. The third-order valence-corrected chi connectivity index (χ3v) is 3.46. The molecule has 1 unspecified atom stereocenters. The SMILES string of the molecule is Cc1ccccc1C(C#N)C(=O)c1cc(F)c(Cl)cc1F. The van der Waals surface area contributed by atoms with Crippen LogP contribution in [0.3, 0.4) is 0 Å². The Morgan fingerprint density at radius 2 is 1.90 bits per heavy atom. The third kappa shape index (κ3) is 2.93. The van der Waals surface area contributed by atoms with Crippen molar-refractivity contribution in [1.29, 1.82) is 5.26 Å². The highest BCUT2D eigenvalue weighted by Gasteiger charge is 2.26. The molecule has 0 bridgehead atoms. The molecule has 0 N–H and O–H groups in total. The topological polar surface area (TPSA) is 40.9 Å². The van der Waals surface area contributed by atoms with Gasteiger partial charge in [0.2, 0.25) is 0 Å². The molecule has 21 heavy (non-hydrogen) atoms. The van der Waals surface area contributed by atoms with Crippen molar-refractivity contribution < 1.29 is 13.6 Å². The maximum atomic E-state index is 13.8. The highest BCUT2D eigenvalue weighted by molar-refractivity contribution is 6.30. The minimum Gasteiger partial charge on any atom is -0.292 e. The fraction of sp³-hybridized carbons (Fsp3) is 0.125. The summed E-state index contributed by atoms with van der Waals surface area (Å²) >= 11 is 5.45. The van der Waals surface area contributed by atoms with Crippen molar-refractivity contribution in [2.24, 2.45) is 0 Å². The van der Waals surface area contributed by atoms with Crippen molar-refractivity contribution in [3.63, 3.8) is 0 Å². The minimum absolute atomic E-state index is 0.409. The van der Waals surface area contributed by atoms with Gasteiger partial charge in [-0.25, -0.2) is 8.78 Å². The zero-order chi connectivity index (χ0) is 15.6. The second-order valence-corrected chi connectivity index (χ2v) is 4.94. The average Bonchev–Trinajstić information content (AvgIpc) is 2.45. The van der Waals surface area contributed by atoms with E-state index < -0.39 is 33.9 Å². The molecule has 2 rings (SSSR count). The quantitative estimate of drug-likeness (QED) is 0.622. The van der Waals surface area contributed by atoms with E-state index in [0.29, 0.717) is 5.56 Å². The molecule has 0 saturated carbocycles. The number of aryl methyl sites for hydroxylation is 1. The molecule has 0 heterocycles. The molecule has 0 amide bonds. The van der Waals surface area contributed by atoms with Gasteiger partial charge in [-0.1, -0.05) is 35.9 Å².